The van der Waals surface area contributed by atoms with Crippen LogP contribution in [0.4, 0.5) is 0 Å². The normalized spacial score (nSPS) is 19.1. The van der Waals surface area contributed by atoms with Crippen molar-refractivity contribution in [3.05, 3.63) is 64.0 Å². The Kier molecular flexibility index (Phi) is 14.0. The Hall–Kier alpha value is -3.18. The van der Waals surface area contributed by atoms with Crippen LogP contribution < -0.4 is 20.6 Å². The molecule has 2 saturated carbocycles. The Morgan fingerprint density at radius 1 is 0.824 bits per heavy atom. The van der Waals surface area contributed by atoms with Crippen LogP contribution in [0, 0.1) is 11.8 Å². The fraction of sp³-hybridized carbons (Fsp3) is 0.609. The first-order valence-electron chi connectivity index (χ1n) is 21.0. The number of unbranched alkanes of at least 4 members (excludes halogenated alkanes) is 6. The maximum absolute atomic E-state index is 12.6. The van der Waals surface area contributed by atoms with Gasteiger partial charge in [-0.05, 0) is 81.2 Å². The van der Waals surface area contributed by atoms with Gasteiger partial charge in [0.05, 0.1) is 11.6 Å². The van der Waals surface area contributed by atoms with Crippen LogP contribution in [0.25, 0.3) is 34.6 Å². The molecule has 0 radical (unpaired) electrons. The second-order valence-corrected chi connectivity index (χ2v) is 16.0. The average molecular weight is 694 g/mol. The van der Waals surface area contributed by atoms with Crippen LogP contribution >= 0.6 is 0 Å². The number of aromatic carboxylic acids is 1. The van der Waals surface area contributed by atoms with Gasteiger partial charge >= 0.3 is 5.97 Å². The van der Waals surface area contributed by atoms with Gasteiger partial charge in [-0.3, -0.25) is 4.90 Å². The molecule has 5 nitrogen and oxygen atoms in total. The molecule has 0 saturated heterocycles. The monoisotopic (exact) mass is 693 g/mol. The average Bonchev–Trinajstić information content (AvgIpc) is 3.16. The summed E-state index contributed by atoms with van der Waals surface area (Å²) in [6.07, 6.45) is 29.3. The minimum atomic E-state index is -0.890. The minimum Gasteiger partial charge on any atom is -0.478 e. The SMILES string of the molecule is CCCCCCN(CC1CCCCC1)C1C=c2oc3cc(=[N+](CCCCCC)CC4CCCCC4)ccc-3c(-c3ccccc3C(=O)O)c2=CC1. The van der Waals surface area contributed by atoms with Crippen LogP contribution in [0.1, 0.15) is 146 Å². The molecule has 0 spiro atoms. The van der Waals surface area contributed by atoms with Gasteiger partial charge in [-0.2, -0.15) is 0 Å². The van der Waals surface area contributed by atoms with Crippen LogP contribution in [0.15, 0.2) is 46.9 Å². The Bertz CT molecular complexity index is 1730. The van der Waals surface area contributed by atoms with E-state index < -0.39 is 5.97 Å². The van der Waals surface area contributed by atoms with Crippen molar-refractivity contribution in [3.63, 3.8) is 0 Å². The van der Waals surface area contributed by atoms with Crippen LogP contribution in [-0.2, 0) is 0 Å². The summed E-state index contributed by atoms with van der Waals surface area (Å²) >= 11 is 0. The van der Waals surface area contributed by atoms with E-state index in [1.165, 1.54) is 121 Å². The van der Waals surface area contributed by atoms with E-state index in [9.17, 15) is 9.90 Å². The molecule has 0 aromatic heterocycles. The van der Waals surface area contributed by atoms with Crippen molar-refractivity contribution in [3.8, 4) is 22.5 Å². The van der Waals surface area contributed by atoms with E-state index in [1.807, 2.05) is 18.2 Å². The standard InChI is InChI=1S/C46H64N2O3/c1-3-5-7-17-29-47(33-35-19-11-9-12-20-35)37-25-27-41-43(31-37)51-44-32-38(48(30-18-8-6-4-2)34-36-21-13-10-14-22-36)26-28-42(44)45(41)39-23-15-16-24-40(39)46(49)50/h15-16,23-25,27-28,31-32,35-36,38H,3-14,17-22,26,29-30,33-34H2,1-2H3/p+1. The number of benzene rings is 2. The molecule has 1 aliphatic heterocycles. The maximum Gasteiger partial charge on any atom is 0.336 e. The zero-order valence-electron chi connectivity index (χ0n) is 31.8. The van der Waals surface area contributed by atoms with Gasteiger partial charge in [-0.1, -0.05) is 109 Å². The van der Waals surface area contributed by atoms with E-state index in [0.717, 1.165) is 77.5 Å². The first-order valence-corrected chi connectivity index (χ1v) is 21.0. The third-order valence-corrected chi connectivity index (χ3v) is 12.2. The summed E-state index contributed by atoms with van der Waals surface area (Å²) in [6.45, 7) is 9.04. The van der Waals surface area contributed by atoms with Crippen LogP contribution in [0.2, 0.25) is 0 Å². The Morgan fingerprint density at radius 2 is 1.53 bits per heavy atom. The third kappa shape index (κ3) is 9.83. The largest absolute Gasteiger partial charge is 0.478 e. The summed E-state index contributed by atoms with van der Waals surface area (Å²) in [7, 11) is 0. The molecule has 4 aliphatic carbocycles. The Labute approximate surface area is 307 Å². The molecule has 1 heterocycles. The number of nitrogens with zero attached hydrogens (tertiary/aromatic N) is 2. The zero-order valence-corrected chi connectivity index (χ0v) is 31.8. The van der Waals surface area contributed by atoms with Crippen molar-refractivity contribution in [1.29, 1.82) is 0 Å². The van der Waals surface area contributed by atoms with Crippen molar-refractivity contribution in [1.82, 2.24) is 9.48 Å². The number of hydrogen-bond acceptors (Lipinski definition) is 3. The lowest BCUT2D eigenvalue weighted by atomic mass is 9.87. The highest BCUT2D eigenvalue weighted by atomic mass is 16.4. The second-order valence-electron chi connectivity index (χ2n) is 16.0. The summed E-state index contributed by atoms with van der Waals surface area (Å²) in [6, 6.07) is 14.6. The Balaban J connectivity index is 1.47. The molecule has 1 aromatic rings. The zero-order chi connectivity index (χ0) is 35.4. The van der Waals surface area contributed by atoms with Crippen LogP contribution in [-0.4, -0.2) is 48.2 Å². The highest BCUT2D eigenvalue weighted by Gasteiger charge is 2.27. The smallest absolute Gasteiger partial charge is 0.336 e. The van der Waals surface area contributed by atoms with E-state index >= 15 is 0 Å². The number of fused-ring (bicyclic) bond motifs is 2. The Morgan fingerprint density at radius 3 is 2.25 bits per heavy atom. The van der Waals surface area contributed by atoms with Crippen molar-refractivity contribution in [2.75, 3.05) is 26.2 Å². The third-order valence-electron chi connectivity index (χ3n) is 12.2. The summed E-state index contributed by atoms with van der Waals surface area (Å²) in [5.41, 5.74) is 4.01. The van der Waals surface area contributed by atoms with Gasteiger partial charge in [-0.15, -0.1) is 0 Å². The van der Waals surface area contributed by atoms with Gasteiger partial charge in [0.2, 0.25) is 5.36 Å². The molecule has 1 unspecified atom stereocenters. The quantitative estimate of drug-likeness (QED) is 0.113. The number of carbonyl (C=O) groups is 1. The summed E-state index contributed by atoms with van der Waals surface area (Å²) in [4.78, 5) is 15.4. The summed E-state index contributed by atoms with van der Waals surface area (Å²) in [5, 5.41) is 12.6. The first kappa shape index (κ1) is 37.6. The van der Waals surface area contributed by atoms with E-state index in [-0.39, 0.29) is 6.04 Å². The first-order chi connectivity index (χ1) is 25.1. The molecule has 2 fully saturated rings. The van der Waals surface area contributed by atoms with Gasteiger partial charge < -0.3 is 9.52 Å². The topological polar surface area (TPSA) is 56.7 Å². The molecule has 51 heavy (non-hydrogen) atoms. The lowest BCUT2D eigenvalue weighted by molar-refractivity contribution is 0.0697. The van der Waals surface area contributed by atoms with Crippen molar-refractivity contribution in [2.24, 2.45) is 11.8 Å². The van der Waals surface area contributed by atoms with Crippen LogP contribution in [0.3, 0.4) is 0 Å². The van der Waals surface area contributed by atoms with Crippen molar-refractivity contribution < 1.29 is 14.3 Å². The number of rotatable bonds is 17. The maximum atomic E-state index is 12.6. The summed E-state index contributed by atoms with van der Waals surface area (Å²) in [5.74, 6) is 1.49. The number of carboxylic acids is 1. The highest BCUT2D eigenvalue weighted by molar-refractivity contribution is 5.98. The fourth-order valence-corrected chi connectivity index (χ4v) is 9.25. The van der Waals surface area contributed by atoms with Gasteiger partial charge in [0.1, 0.15) is 24.3 Å². The van der Waals surface area contributed by atoms with Crippen molar-refractivity contribution in [2.45, 2.75) is 142 Å². The fourth-order valence-electron chi connectivity index (χ4n) is 9.25. The highest BCUT2D eigenvalue weighted by Crippen LogP contribution is 2.33. The van der Waals surface area contributed by atoms with E-state index in [2.05, 4.69) is 53.7 Å². The molecule has 0 amide bonds. The number of hydrogen-bond donors (Lipinski definition) is 1. The molecule has 276 valence electrons. The number of carboxylic acid groups (broad SMARTS) is 1. The van der Waals surface area contributed by atoms with Gasteiger partial charge in [0.25, 0.3) is 0 Å². The second kappa shape index (κ2) is 19.1. The van der Waals surface area contributed by atoms with Crippen LogP contribution in [0.5, 0.6) is 0 Å². The summed E-state index contributed by atoms with van der Waals surface area (Å²) < 4.78 is 9.63. The van der Waals surface area contributed by atoms with Crippen molar-refractivity contribution >= 4 is 18.1 Å². The molecule has 1 aromatic carbocycles. The molecule has 6 rings (SSSR count). The predicted octanol–water partition coefficient (Wildman–Crippen LogP) is 9.48. The van der Waals surface area contributed by atoms with E-state index in [4.69, 9.17) is 4.42 Å². The minimum absolute atomic E-state index is 0.286. The van der Waals surface area contributed by atoms with Gasteiger partial charge in [0, 0.05) is 47.3 Å². The van der Waals surface area contributed by atoms with E-state index in [1.54, 1.807) is 6.07 Å². The molecule has 1 atom stereocenters. The predicted molar refractivity (Wildman–Crippen MR) is 212 cm³/mol. The lowest BCUT2D eigenvalue weighted by Crippen LogP contribution is -2.44. The molecule has 0 bridgehead atoms. The molecule has 5 heteroatoms. The van der Waals surface area contributed by atoms with E-state index in [0.29, 0.717) is 5.56 Å². The molecular weight excluding hydrogens is 629 g/mol. The molecule has 1 N–H and O–H groups in total. The molecule has 5 aliphatic rings. The molecular formula is C46H65N2O3+. The van der Waals surface area contributed by atoms with Gasteiger partial charge in [-0.25, -0.2) is 9.37 Å². The lowest BCUT2D eigenvalue weighted by Gasteiger charge is -2.35. The van der Waals surface area contributed by atoms with Gasteiger partial charge in [0.15, 0.2) is 0 Å².